The predicted octanol–water partition coefficient (Wildman–Crippen LogP) is 2.53. The first kappa shape index (κ1) is 13.6. The molecule has 3 heteroatoms. The van der Waals surface area contributed by atoms with Gasteiger partial charge in [-0.15, -0.1) is 0 Å². The molecule has 20 heavy (non-hydrogen) atoms. The number of aliphatic hydroxyl groups is 1. The van der Waals surface area contributed by atoms with Crippen molar-refractivity contribution in [3.05, 3.63) is 35.4 Å². The first-order valence-corrected chi connectivity index (χ1v) is 7.73. The van der Waals surface area contributed by atoms with Gasteiger partial charge in [0.1, 0.15) is 0 Å². The summed E-state index contributed by atoms with van der Waals surface area (Å²) in [6.07, 6.45) is 6.13. The number of fused-ring (bicyclic) bond motifs is 1. The minimum Gasteiger partial charge on any atom is -0.389 e. The molecule has 108 valence electrons. The number of hydrogen-bond acceptors (Lipinski definition) is 2. The quantitative estimate of drug-likeness (QED) is 0.885. The van der Waals surface area contributed by atoms with Crippen LogP contribution in [0, 0.1) is 0 Å². The van der Waals surface area contributed by atoms with E-state index < -0.39 is 5.60 Å². The van der Waals surface area contributed by atoms with E-state index in [9.17, 15) is 9.90 Å². The Kier molecular flexibility index (Phi) is 3.79. The summed E-state index contributed by atoms with van der Waals surface area (Å²) in [4.78, 5) is 12.0. The van der Waals surface area contributed by atoms with Crippen molar-refractivity contribution in [2.45, 2.75) is 56.5 Å². The van der Waals surface area contributed by atoms with Crippen molar-refractivity contribution >= 4 is 5.91 Å². The fraction of sp³-hybridized carbons (Fsp3) is 0.588. The maximum atomic E-state index is 12.0. The summed E-state index contributed by atoms with van der Waals surface area (Å²) in [6, 6.07) is 8.41. The van der Waals surface area contributed by atoms with Crippen molar-refractivity contribution in [1.82, 2.24) is 5.32 Å². The summed E-state index contributed by atoms with van der Waals surface area (Å²) in [5, 5.41) is 13.4. The second-order valence-electron chi connectivity index (χ2n) is 6.37. The van der Waals surface area contributed by atoms with Gasteiger partial charge in [0.05, 0.1) is 12.0 Å². The third-order valence-electron chi connectivity index (χ3n) is 4.78. The molecule has 3 nitrogen and oxygen atoms in total. The van der Waals surface area contributed by atoms with Gasteiger partial charge < -0.3 is 10.4 Å². The van der Waals surface area contributed by atoms with E-state index in [0.717, 1.165) is 32.1 Å². The average molecular weight is 273 g/mol. The monoisotopic (exact) mass is 273 g/mol. The van der Waals surface area contributed by atoms with Crippen LogP contribution in [0.5, 0.6) is 0 Å². The van der Waals surface area contributed by atoms with Crippen molar-refractivity contribution in [3.8, 4) is 0 Å². The number of rotatable bonds is 4. The third kappa shape index (κ3) is 2.88. The van der Waals surface area contributed by atoms with Crippen molar-refractivity contribution in [2.75, 3.05) is 6.54 Å². The molecular formula is C17H23NO2. The third-order valence-corrected chi connectivity index (χ3v) is 4.78. The highest BCUT2D eigenvalue weighted by Crippen LogP contribution is 2.34. The van der Waals surface area contributed by atoms with E-state index in [2.05, 4.69) is 29.6 Å². The number of amides is 1. The van der Waals surface area contributed by atoms with E-state index in [4.69, 9.17) is 0 Å². The molecule has 0 bridgehead atoms. The van der Waals surface area contributed by atoms with Gasteiger partial charge >= 0.3 is 0 Å². The van der Waals surface area contributed by atoms with Crippen molar-refractivity contribution in [3.63, 3.8) is 0 Å². The van der Waals surface area contributed by atoms with Crippen LogP contribution in [0.2, 0.25) is 0 Å². The van der Waals surface area contributed by atoms with Crippen LogP contribution in [0.4, 0.5) is 0 Å². The van der Waals surface area contributed by atoms with Gasteiger partial charge in [0.2, 0.25) is 5.91 Å². The van der Waals surface area contributed by atoms with E-state index in [-0.39, 0.29) is 12.3 Å². The Balaban J connectivity index is 1.46. The number of carbonyl (C=O) groups is 1. The molecule has 1 saturated carbocycles. The molecule has 0 radical (unpaired) electrons. The minimum absolute atomic E-state index is 0.00113. The average Bonchev–Trinajstić information content (AvgIpc) is 2.40. The van der Waals surface area contributed by atoms with E-state index >= 15 is 0 Å². The van der Waals surface area contributed by atoms with Crippen LogP contribution < -0.4 is 5.32 Å². The lowest BCUT2D eigenvalue weighted by molar-refractivity contribution is -0.127. The molecule has 1 amide bonds. The zero-order valence-corrected chi connectivity index (χ0v) is 11.9. The Morgan fingerprint density at radius 1 is 1.25 bits per heavy atom. The molecule has 2 aliphatic carbocycles. The molecule has 1 aromatic rings. The summed E-state index contributed by atoms with van der Waals surface area (Å²) in [5.41, 5.74) is 2.02. The molecule has 0 aliphatic heterocycles. The van der Waals surface area contributed by atoms with E-state index in [1.165, 1.54) is 17.5 Å². The SMILES string of the molecule is O=C(CC1(O)CCCCC1)NCC1Cc2ccccc21. The molecule has 2 N–H and O–H groups in total. The van der Waals surface area contributed by atoms with Crippen LogP contribution in [-0.2, 0) is 11.2 Å². The van der Waals surface area contributed by atoms with Crippen LogP contribution in [0.25, 0.3) is 0 Å². The molecular weight excluding hydrogens is 250 g/mol. The maximum absolute atomic E-state index is 12.0. The van der Waals surface area contributed by atoms with Crippen molar-refractivity contribution in [1.29, 1.82) is 0 Å². The molecule has 1 atom stereocenters. The topological polar surface area (TPSA) is 49.3 Å². The normalized spacial score (nSPS) is 23.6. The molecule has 2 aliphatic rings. The molecule has 0 heterocycles. The summed E-state index contributed by atoms with van der Waals surface area (Å²) >= 11 is 0. The van der Waals surface area contributed by atoms with Gasteiger partial charge in [-0.1, -0.05) is 43.5 Å². The van der Waals surface area contributed by atoms with Crippen LogP contribution >= 0.6 is 0 Å². The number of carbonyl (C=O) groups excluding carboxylic acids is 1. The van der Waals surface area contributed by atoms with Crippen LogP contribution in [0.3, 0.4) is 0 Å². The molecule has 3 rings (SSSR count). The lowest BCUT2D eigenvalue weighted by Gasteiger charge is -2.33. The van der Waals surface area contributed by atoms with Gasteiger partial charge in [-0.2, -0.15) is 0 Å². The number of hydrogen-bond donors (Lipinski definition) is 2. The second-order valence-corrected chi connectivity index (χ2v) is 6.37. The van der Waals surface area contributed by atoms with Gasteiger partial charge in [0.15, 0.2) is 0 Å². The van der Waals surface area contributed by atoms with Crippen molar-refractivity contribution in [2.24, 2.45) is 0 Å². The second kappa shape index (κ2) is 5.57. The van der Waals surface area contributed by atoms with E-state index in [1.54, 1.807) is 0 Å². The fourth-order valence-electron chi connectivity index (χ4n) is 3.53. The van der Waals surface area contributed by atoms with E-state index in [0.29, 0.717) is 12.5 Å². The van der Waals surface area contributed by atoms with E-state index in [1.807, 2.05) is 0 Å². The Morgan fingerprint density at radius 2 is 2.00 bits per heavy atom. The fourth-order valence-corrected chi connectivity index (χ4v) is 3.53. The molecule has 1 unspecified atom stereocenters. The standard InChI is InChI=1S/C17H23NO2/c19-16(11-17(20)8-4-1-5-9-17)18-12-14-10-13-6-2-3-7-15(13)14/h2-3,6-7,14,20H,1,4-5,8-12H2,(H,18,19). The summed E-state index contributed by atoms with van der Waals surface area (Å²) in [5.74, 6) is 0.454. The van der Waals surface area contributed by atoms with Crippen LogP contribution in [0.1, 0.15) is 55.6 Å². The zero-order valence-electron chi connectivity index (χ0n) is 11.9. The molecule has 0 saturated heterocycles. The lowest BCUT2D eigenvalue weighted by Crippen LogP contribution is -2.40. The van der Waals surface area contributed by atoms with Gasteiger partial charge in [0.25, 0.3) is 0 Å². The first-order valence-electron chi connectivity index (χ1n) is 7.73. The minimum atomic E-state index is -0.750. The summed E-state index contributed by atoms with van der Waals surface area (Å²) < 4.78 is 0. The molecule has 0 aromatic heterocycles. The van der Waals surface area contributed by atoms with Gasteiger partial charge in [0, 0.05) is 12.5 Å². The highest BCUT2D eigenvalue weighted by molar-refractivity contribution is 5.77. The number of nitrogens with one attached hydrogen (secondary N) is 1. The Bertz CT molecular complexity index is 492. The highest BCUT2D eigenvalue weighted by atomic mass is 16.3. The maximum Gasteiger partial charge on any atom is 0.222 e. The van der Waals surface area contributed by atoms with Crippen molar-refractivity contribution < 1.29 is 9.90 Å². The van der Waals surface area contributed by atoms with Gasteiger partial charge in [-0.05, 0) is 30.4 Å². The van der Waals surface area contributed by atoms with Crippen LogP contribution in [-0.4, -0.2) is 23.2 Å². The first-order chi connectivity index (χ1) is 9.66. The Hall–Kier alpha value is -1.35. The Morgan fingerprint density at radius 3 is 2.75 bits per heavy atom. The zero-order chi connectivity index (χ0) is 14.0. The van der Waals surface area contributed by atoms with Crippen LogP contribution in [0.15, 0.2) is 24.3 Å². The largest absolute Gasteiger partial charge is 0.389 e. The Labute approximate surface area is 120 Å². The molecule has 1 aromatic carbocycles. The summed E-state index contributed by atoms with van der Waals surface area (Å²) in [6.45, 7) is 0.700. The lowest BCUT2D eigenvalue weighted by atomic mass is 9.77. The number of benzene rings is 1. The smallest absolute Gasteiger partial charge is 0.222 e. The molecule has 1 fully saturated rings. The summed E-state index contributed by atoms with van der Waals surface area (Å²) in [7, 11) is 0. The highest BCUT2D eigenvalue weighted by Gasteiger charge is 2.32. The van der Waals surface area contributed by atoms with Gasteiger partial charge in [-0.3, -0.25) is 4.79 Å². The van der Waals surface area contributed by atoms with Gasteiger partial charge in [-0.25, -0.2) is 0 Å². The predicted molar refractivity (Wildman–Crippen MR) is 78.5 cm³/mol. The molecule has 0 spiro atoms.